The zero-order valence-corrected chi connectivity index (χ0v) is 20.0. The maximum absolute atomic E-state index is 14.0. The van der Waals surface area contributed by atoms with Gasteiger partial charge < -0.3 is 24.4 Å². The number of amides is 3. The van der Waals surface area contributed by atoms with E-state index in [1.54, 1.807) is 11.1 Å². The monoisotopic (exact) mass is 496 g/mol. The number of aliphatic imine (C=N–C) groups is 1. The molecule has 0 fully saturated rings. The number of para-hydroxylation sites is 3. The van der Waals surface area contributed by atoms with Gasteiger partial charge in [0.25, 0.3) is 0 Å². The highest BCUT2D eigenvalue weighted by Crippen LogP contribution is 2.55. The Bertz CT molecular complexity index is 1470. The van der Waals surface area contributed by atoms with Crippen LogP contribution in [0.3, 0.4) is 0 Å². The van der Waals surface area contributed by atoms with Crippen molar-refractivity contribution >= 4 is 35.2 Å². The molecule has 4 aliphatic heterocycles. The van der Waals surface area contributed by atoms with Crippen molar-refractivity contribution in [3.05, 3.63) is 71.8 Å². The molecule has 3 amide bonds. The minimum atomic E-state index is -0.924. The van der Waals surface area contributed by atoms with Crippen molar-refractivity contribution in [2.24, 2.45) is 4.99 Å². The summed E-state index contributed by atoms with van der Waals surface area (Å²) >= 11 is 0. The van der Waals surface area contributed by atoms with Crippen molar-refractivity contribution in [3.63, 3.8) is 0 Å². The van der Waals surface area contributed by atoms with Crippen LogP contribution < -0.4 is 29.3 Å². The number of urea groups is 1. The van der Waals surface area contributed by atoms with Gasteiger partial charge in [0.15, 0.2) is 11.5 Å². The smallest absolute Gasteiger partial charge is 0.322 e. The largest absolute Gasteiger partial charge is 0.491 e. The number of nitrogens with one attached hydrogen (secondary N) is 1. The first-order valence-corrected chi connectivity index (χ1v) is 12.3. The zero-order chi connectivity index (χ0) is 25.0. The molecular weight excluding hydrogens is 472 g/mol. The number of benzene rings is 3. The van der Waals surface area contributed by atoms with Crippen molar-refractivity contribution in [1.29, 1.82) is 0 Å². The zero-order valence-electron chi connectivity index (χ0n) is 20.0. The molecule has 0 radical (unpaired) electrons. The van der Waals surface area contributed by atoms with Crippen molar-refractivity contribution < 1.29 is 23.8 Å². The van der Waals surface area contributed by atoms with Crippen LogP contribution >= 0.6 is 0 Å². The van der Waals surface area contributed by atoms with Crippen LogP contribution in [-0.4, -0.2) is 51.2 Å². The average molecular weight is 497 g/mol. The molecular formula is C28H24N4O5. The number of hydrogen-bond donors (Lipinski definition) is 1. The van der Waals surface area contributed by atoms with E-state index in [-0.39, 0.29) is 25.3 Å². The molecule has 3 aromatic carbocycles. The standard InChI is InChI=1S/C28H24N4O5/c33-26-28(16-35-23-15-25-24(14-19(23)28)36-17-37-25)18-6-1-3-8-21(18)31(26)12-5-10-30-27(34)32-13-11-29-20-7-2-4-9-22(20)32/h1-4,6-9,11,14-15H,5,10,12-13,16-17H2,(H,30,34). The van der Waals surface area contributed by atoms with Crippen LogP contribution in [0.2, 0.25) is 0 Å². The topological polar surface area (TPSA) is 92.7 Å². The van der Waals surface area contributed by atoms with E-state index >= 15 is 0 Å². The van der Waals surface area contributed by atoms with Crippen LogP contribution in [0, 0.1) is 0 Å². The van der Waals surface area contributed by atoms with Gasteiger partial charge in [-0.15, -0.1) is 0 Å². The van der Waals surface area contributed by atoms with Gasteiger partial charge in [-0.2, -0.15) is 0 Å². The molecule has 7 rings (SSSR count). The first-order chi connectivity index (χ1) is 18.2. The number of nitrogens with zero attached hydrogens (tertiary/aromatic N) is 3. The molecule has 1 N–H and O–H groups in total. The summed E-state index contributed by atoms with van der Waals surface area (Å²) in [5.74, 6) is 1.87. The van der Waals surface area contributed by atoms with Crippen molar-refractivity contribution in [2.75, 3.05) is 42.8 Å². The van der Waals surface area contributed by atoms with Crippen molar-refractivity contribution in [1.82, 2.24) is 5.32 Å². The van der Waals surface area contributed by atoms with Gasteiger partial charge in [0, 0.05) is 36.6 Å². The number of rotatable bonds is 4. The Hall–Kier alpha value is -4.53. The van der Waals surface area contributed by atoms with Crippen LogP contribution in [0.15, 0.2) is 65.7 Å². The summed E-state index contributed by atoms with van der Waals surface area (Å²) in [6.45, 7) is 1.70. The molecule has 9 nitrogen and oxygen atoms in total. The molecule has 1 spiro atoms. The molecule has 4 aliphatic rings. The van der Waals surface area contributed by atoms with Gasteiger partial charge in [0.05, 0.1) is 17.9 Å². The van der Waals surface area contributed by atoms with E-state index in [1.807, 2.05) is 65.6 Å². The molecule has 0 saturated heterocycles. The Morgan fingerprint density at radius 3 is 2.62 bits per heavy atom. The molecule has 4 heterocycles. The molecule has 1 atom stereocenters. The van der Waals surface area contributed by atoms with Crippen LogP contribution in [0.4, 0.5) is 21.9 Å². The normalized spacial score (nSPS) is 20.1. The number of hydrogen-bond acceptors (Lipinski definition) is 6. The molecule has 186 valence electrons. The van der Waals surface area contributed by atoms with Crippen LogP contribution in [0.5, 0.6) is 17.2 Å². The van der Waals surface area contributed by atoms with Gasteiger partial charge in [0.1, 0.15) is 17.8 Å². The third-order valence-corrected chi connectivity index (χ3v) is 7.39. The van der Waals surface area contributed by atoms with E-state index in [1.165, 1.54) is 0 Å². The lowest BCUT2D eigenvalue weighted by Crippen LogP contribution is -2.44. The third-order valence-electron chi connectivity index (χ3n) is 7.39. The van der Waals surface area contributed by atoms with E-state index in [2.05, 4.69) is 10.3 Å². The maximum atomic E-state index is 14.0. The van der Waals surface area contributed by atoms with E-state index in [0.717, 1.165) is 28.2 Å². The highest BCUT2D eigenvalue weighted by atomic mass is 16.7. The van der Waals surface area contributed by atoms with Gasteiger partial charge in [-0.1, -0.05) is 30.3 Å². The predicted octanol–water partition coefficient (Wildman–Crippen LogP) is 3.76. The number of fused-ring (bicyclic) bond motifs is 6. The predicted molar refractivity (Wildman–Crippen MR) is 138 cm³/mol. The second-order valence-corrected chi connectivity index (χ2v) is 9.37. The number of ether oxygens (including phenoxy) is 3. The average Bonchev–Trinajstić information content (AvgIpc) is 3.61. The molecule has 0 bridgehead atoms. The van der Waals surface area contributed by atoms with Gasteiger partial charge in [0.2, 0.25) is 12.7 Å². The maximum Gasteiger partial charge on any atom is 0.322 e. The summed E-state index contributed by atoms with van der Waals surface area (Å²) in [5, 5.41) is 2.99. The Kier molecular flexibility index (Phi) is 4.85. The van der Waals surface area contributed by atoms with E-state index < -0.39 is 5.41 Å². The Morgan fingerprint density at radius 1 is 0.946 bits per heavy atom. The molecule has 0 saturated carbocycles. The lowest BCUT2D eigenvalue weighted by molar-refractivity contribution is -0.122. The summed E-state index contributed by atoms with van der Waals surface area (Å²) in [6, 6.07) is 18.9. The molecule has 0 aliphatic carbocycles. The lowest BCUT2D eigenvalue weighted by Gasteiger charge is -2.26. The first-order valence-electron chi connectivity index (χ1n) is 12.3. The van der Waals surface area contributed by atoms with Gasteiger partial charge in [-0.05, 0) is 36.2 Å². The van der Waals surface area contributed by atoms with Crippen LogP contribution in [-0.2, 0) is 10.2 Å². The lowest BCUT2D eigenvalue weighted by atomic mass is 9.77. The third kappa shape index (κ3) is 3.20. The first kappa shape index (κ1) is 21.7. The van der Waals surface area contributed by atoms with Crippen molar-refractivity contribution in [3.8, 4) is 17.2 Å². The molecule has 3 aromatic rings. The van der Waals surface area contributed by atoms with Crippen LogP contribution in [0.25, 0.3) is 0 Å². The highest BCUT2D eigenvalue weighted by molar-refractivity contribution is 6.11. The van der Waals surface area contributed by atoms with Gasteiger partial charge in [-0.25, -0.2) is 4.79 Å². The number of carbonyl (C=O) groups is 2. The summed E-state index contributed by atoms with van der Waals surface area (Å²) in [7, 11) is 0. The summed E-state index contributed by atoms with van der Waals surface area (Å²) in [6.07, 6.45) is 2.33. The SMILES string of the molecule is O=C(NCCCN1C(=O)C2(COc3cc4c(cc32)OCO4)c2ccccc21)N1CC=Nc2ccccc21. The number of carbonyl (C=O) groups excluding carboxylic acids is 2. The Morgan fingerprint density at radius 2 is 1.73 bits per heavy atom. The van der Waals surface area contributed by atoms with E-state index in [0.29, 0.717) is 43.3 Å². The summed E-state index contributed by atoms with van der Waals surface area (Å²) in [5.41, 5.74) is 3.23. The second-order valence-electron chi connectivity index (χ2n) is 9.37. The van der Waals surface area contributed by atoms with E-state index in [9.17, 15) is 9.59 Å². The fourth-order valence-electron chi connectivity index (χ4n) is 5.63. The van der Waals surface area contributed by atoms with Gasteiger partial charge >= 0.3 is 6.03 Å². The number of anilines is 2. The van der Waals surface area contributed by atoms with Crippen molar-refractivity contribution in [2.45, 2.75) is 11.8 Å². The fraction of sp³-hybridized carbons (Fsp3) is 0.250. The molecule has 0 aromatic heterocycles. The van der Waals surface area contributed by atoms with Gasteiger partial charge in [-0.3, -0.25) is 14.7 Å². The fourth-order valence-corrected chi connectivity index (χ4v) is 5.63. The Labute approximate surface area is 213 Å². The second kappa shape index (κ2) is 8.26. The Balaban J connectivity index is 1.08. The molecule has 1 unspecified atom stereocenters. The van der Waals surface area contributed by atoms with Crippen LogP contribution in [0.1, 0.15) is 17.5 Å². The summed E-state index contributed by atoms with van der Waals surface area (Å²) in [4.78, 5) is 34.8. The van der Waals surface area contributed by atoms with E-state index in [4.69, 9.17) is 14.2 Å². The minimum absolute atomic E-state index is 0.0289. The minimum Gasteiger partial charge on any atom is -0.491 e. The quantitative estimate of drug-likeness (QED) is 0.556. The molecule has 37 heavy (non-hydrogen) atoms. The molecule has 9 heteroatoms. The highest BCUT2D eigenvalue weighted by Gasteiger charge is 2.57. The summed E-state index contributed by atoms with van der Waals surface area (Å²) < 4.78 is 17.1.